The van der Waals surface area contributed by atoms with E-state index in [0.29, 0.717) is 11.3 Å². The molecule has 5 rings (SSSR count). The highest BCUT2D eigenvalue weighted by Gasteiger charge is 2.37. The lowest BCUT2D eigenvalue weighted by atomic mass is 10.0. The molecule has 0 saturated carbocycles. The Morgan fingerprint density at radius 3 is 2.69 bits per heavy atom. The molecule has 2 aliphatic heterocycles. The van der Waals surface area contributed by atoms with Crippen molar-refractivity contribution in [3.05, 3.63) is 47.3 Å². The lowest BCUT2D eigenvalue weighted by molar-refractivity contribution is 0.0715. The number of benzene rings is 1. The highest BCUT2D eigenvalue weighted by atomic mass is 16.5. The number of pyridine rings is 1. The zero-order valence-corrected chi connectivity index (χ0v) is 18.8. The van der Waals surface area contributed by atoms with E-state index in [4.69, 9.17) is 9.72 Å². The summed E-state index contributed by atoms with van der Waals surface area (Å²) in [7, 11) is 3.66. The van der Waals surface area contributed by atoms with Crippen LogP contribution in [0.1, 0.15) is 47.4 Å². The van der Waals surface area contributed by atoms with Gasteiger partial charge in [0.05, 0.1) is 35.6 Å². The number of likely N-dealkylation sites (N-methyl/N-ethyl adjacent to an activating group) is 1. The third-order valence-corrected chi connectivity index (χ3v) is 6.76. The minimum atomic E-state index is -0.370. The molecular weight excluding hydrogens is 406 g/mol. The van der Waals surface area contributed by atoms with Gasteiger partial charge >= 0.3 is 0 Å². The van der Waals surface area contributed by atoms with E-state index >= 15 is 0 Å². The quantitative estimate of drug-likeness (QED) is 0.664. The Morgan fingerprint density at radius 1 is 1.19 bits per heavy atom. The van der Waals surface area contributed by atoms with Crippen LogP contribution in [-0.2, 0) is 13.5 Å². The second-order valence-corrected chi connectivity index (χ2v) is 8.66. The molecule has 8 nitrogen and oxygen atoms in total. The van der Waals surface area contributed by atoms with E-state index < -0.39 is 0 Å². The summed E-state index contributed by atoms with van der Waals surface area (Å²) in [4.78, 5) is 21.3. The van der Waals surface area contributed by atoms with Crippen molar-refractivity contribution in [2.24, 2.45) is 7.05 Å². The van der Waals surface area contributed by atoms with Gasteiger partial charge in [-0.05, 0) is 36.2 Å². The number of piperidine rings is 1. The number of aromatic nitrogens is 3. The fourth-order valence-corrected chi connectivity index (χ4v) is 4.83. The third kappa shape index (κ3) is 3.39. The first-order valence-corrected chi connectivity index (χ1v) is 11.2. The molecule has 0 aliphatic carbocycles. The molecule has 1 amide bonds. The summed E-state index contributed by atoms with van der Waals surface area (Å²) in [5, 5.41) is 15.2. The molecular formula is C24H29N5O3. The van der Waals surface area contributed by atoms with Crippen LogP contribution in [0.2, 0.25) is 0 Å². The normalized spacial score (nSPS) is 19.1. The van der Waals surface area contributed by atoms with Gasteiger partial charge in [-0.1, -0.05) is 6.92 Å². The fourth-order valence-electron chi connectivity index (χ4n) is 4.83. The fraction of sp³-hybridized carbons (Fsp3) is 0.458. The molecule has 2 aromatic heterocycles. The van der Waals surface area contributed by atoms with Gasteiger partial charge in [0.15, 0.2) is 0 Å². The summed E-state index contributed by atoms with van der Waals surface area (Å²) < 4.78 is 8.14. The number of carbonyl (C=O) groups excluding carboxylic acids is 1. The lowest BCUT2D eigenvalue weighted by Crippen LogP contribution is -2.39. The first kappa shape index (κ1) is 20.8. The molecule has 0 radical (unpaired) electrons. The van der Waals surface area contributed by atoms with Crippen molar-refractivity contribution in [3.8, 4) is 5.75 Å². The van der Waals surface area contributed by atoms with Crippen LogP contribution in [0.25, 0.3) is 10.9 Å². The number of aliphatic hydroxyl groups is 1. The molecule has 0 spiro atoms. The molecule has 1 N–H and O–H groups in total. The van der Waals surface area contributed by atoms with E-state index in [1.807, 2.05) is 36.1 Å². The van der Waals surface area contributed by atoms with Gasteiger partial charge in [-0.15, -0.1) is 0 Å². The number of hydrogen-bond donors (Lipinski definition) is 1. The maximum Gasteiger partial charge on any atom is 0.256 e. The van der Waals surface area contributed by atoms with Crippen LogP contribution in [0, 0.1) is 0 Å². The topological polar surface area (TPSA) is 83.7 Å². The van der Waals surface area contributed by atoms with Gasteiger partial charge in [-0.25, -0.2) is 4.98 Å². The largest absolute Gasteiger partial charge is 0.490 e. The number of amides is 1. The molecule has 1 aromatic carbocycles. The van der Waals surface area contributed by atoms with Crippen LogP contribution in [0.3, 0.4) is 0 Å². The minimum absolute atomic E-state index is 0.0644. The van der Waals surface area contributed by atoms with Gasteiger partial charge in [-0.3, -0.25) is 9.48 Å². The summed E-state index contributed by atoms with van der Waals surface area (Å²) in [5.41, 5.74) is 3.48. The average molecular weight is 436 g/mol. The van der Waals surface area contributed by atoms with E-state index in [-0.39, 0.29) is 24.7 Å². The molecule has 8 heteroatoms. The van der Waals surface area contributed by atoms with Crippen molar-refractivity contribution in [2.45, 2.75) is 38.3 Å². The van der Waals surface area contributed by atoms with E-state index in [1.165, 1.54) is 0 Å². The van der Waals surface area contributed by atoms with Crippen molar-refractivity contribution < 1.29 is 14.6 Å². The van der Waals surface area contributed by atoms with Crippen LogP contribution in [-0.4, -0.2) is 63.5 Å². The number of carbonyl (C=O) groups is 1. The summed E-state index contributed by atoms with van der Waals surface area (Å²) in [6.45, 7) is 3.65. The van der Waals surface area contributed by atoms with Crippen LogP contribution in [0.15, 0.2) is 30.5 Å². The van der Waals surface area contributed by atoms with Crippen LogP contribution in [0.5, 0.6) is 5.75 Å². The van der Waals surface area contributed by atoms with E-state index in [2.05, 4.69) is 23.0 Å². The SMILES string of the molecule is CCc1cc2c(nc1N1CCC(Oc3ccc4c(cnn4C)c3)CC1)[C@H](CO)N(C)C2=O. The Labute approximate surface area is 187 Å². The highest BCUT2D eigenvalue weighted by Crippen LogP contribution is 2.35. The lowest BCUT2D eigenvalue weighted by Gasteiger charge is -2.34. The predicted molar refractivity (Wildman–Crippen MR) is 122 cm³/mol. The molecule has 3 aromatic rings. The Bertz CT molecular complexity index is 1170. The third-order valence-electron chi connectivity index (χ3n) is 6.76. The van der Waals surface area contributed by atoms with Crippen LogP contribution < -0.4 is 9.64 Å². The molecule has 0 unspecified atom stereocenters. The maximum absolute atomic E-state index is 12.6. The molecule has 168 valence electrons. The van der Waals surface area contributed by atoms with Crippen molar-refractivity contribution in [1.29, 1.82) is 0 Å². The molecule has 2 aliphatic rings. The zero-order valence-electron chi connectivity index (χ0n) is 18.8. The van der Waals surface area contributed by atoms with E-state index in [9.17, 15) is 9.90 Å². The number of nitrogens with zero attached hydrogens (tertiary/aromatic N) is 5. The number of aliphatic hydroxyl groups excluding tert-OH is 1. The minimum Gasteiger partial charge on any atom is -0.490 e. The van der Waals surface area contributed by atoms with Gasteiger partial charge in [0.2, 0.25) is 0 Å². The molecule has 4 heterocycles. The monoisotopic (exact) mass is 435 g/mol. The Morgan fingerprint density at radius 2 is 1.97 bits per heavy atom. The summed E-state index contributed by atoms with van der Waals surface area (Å²) >= 11 is 0. The number of ether oxygens (including phenoxy) is 1. The smallest absolute Gasteiger partial charge is 0.256 e. The van der Waals surface area contributed by atoms with Gasteiger partial charge < -0.3 is 19.6 Å². The number of anilines is 1. The molecule has 1 saturated heterocycles. The first-order chi connectivity index (χ1) is 15.5. The predicted octanol–water partition coefficient (Wildman–Crippen LogP) is 2.70. The molecule has 1 atom stereocenters. The van der Waals surface area contributed by atoms with Crippen LogP contribution in [0.4, 0.5) is 5.82 Å². The highest BCUT2D eigenvalue weighted by molar-refractivity contribution is 5.99. The van der Waals surface area contributed by atoms with Crippen LogP contribution >= 0.6 is 0 Å². The van der Waals surface area contributed by atoms with Crippen molar-refractivity contribution in [2.75, 3.05) is 31.6 Å². The Kier molecular flexibility index (Phi) is 5.25. The molecule has 32 heavy (non-hydrogen) atoms. The van der Waals surface area contributed by atoms with E-state index in [1.54, 1.807) is 11.9 Å². The van der Waals surface area contributed by atoms with Gasteiger partial charge in [-0.2, -0.15) is 5.10 Å². The van der Waals surface area contributed by atoms with Gasteiger partial charge in [0.1, 0.15) is 17.7 Å². The number of aryl methyl sites for hydroxylation is 2. The molecule has 0 bridgehead atoms. The second kappa shape index (κ2) is 8.09. The van der Waals surface area contributed by atoms with Crippen molar-refractivity contribution >= 4 is 22.6 Å². The first-order valence-electron chi connectivity index (χ1n) is 11.2. The zero-order chi connectivity index (χ0) is 22.4. The van der Waals surface area contributed by atoms with Crippen molar-refractivity contribution in [1.82, 2.24) is 19.7 Å². The molecule has 1 fully saturated rings. The Hall–Kier alpha value is -3.13. The number of rotatable bonds is 5. The van der Waals surface area contributed by atoms with Gasteiger partial charge in [0, 0.05) is 45.4 Å². The summed E-state index contributed by atoms with van der Waals surface area (Å²) in [6, 6.07) is 7.71. The van der Waals surface area contributed by atoms with Gasteiger partial charge in [0.25, 0.3) is 5.91 Å². The summed E-state index contributed by atoms with van der Waals surface area (Å²) in [5.74, 6) is 1.75. The maximum atomic E-state index is 12.6. The van der Waals surface area contributed by atoms with E-state index in [0.717, 1.165) is 60.4 Å². The number of fused-ring (bicyclic) bond motifs is 2. The standard InChI is InChI=1S/C24H29N5O3/c1-4-15-12-19-22(21(14-30)27(2)24(19)31)26-23(15)29-9-7-17(8-10-29)32-18-5-6-20-16(11-18)13-25-28(20)3/h5-6,11-13,17,21,30H,4,7-10,14H2,1-3H3/t21-/m0/s1. The van der Waals surface area contributed by atoms with Crippen molar-refractivity contribution in [3.63, 3.8) is 0 Å². The number of hydrogen-bond acceptors (Lipinski definition) is 6. The summed E-state index contributed by atoms with van der Waals surface area (Å²) in [6.07, 6.45) is 4.61. The second-order valence-electron chi connectivity index (χ2n) is 8.66. The Balaban J connectivity index is 1.31. The average Bonchev–Trinajstić information content (AvgIpc) is 3.29.